The largest absolute Gasteiger partial charge is 0.326 e. The topological polar surface area (TPSA) is 56.7 Å². The van der Waals surface area contributed by atoms with Crippen LogP contribution in [0.5, 0.6) is 0 Å². The molecule has 78 valence electrons. The van der Waals surface area contributed by atoms with E-state index in [4.69, 9.17) is 17.3 Å². The van der Waals surface area contributed by atoms with Crippen molar-refractivity contribution in [3.8, 4) is 11.3 Å². The first-order valence-electron chi connectivity index (χ1n) is 4.56. The number of nitrogens with zero attached hydrogens (tertiary/aromatic N) is 3. The van der Waals surface area contributed by atoms with E-state index in [1.807, 2.05) is 25.2 Å². The molecule has 0 aliphatic heterocycles. The van der Waals surface area contributed by atoms with Crippen molar-refractivity contribution in [3.63, 3.8) is 0 Å². The maximum atomic E-state index is 5.95. The van der Waals surface area contributed by atoms with Gasteiger partial charge in [-0.2, -0.15) is 0 Å². The van der Waals surface area contributed by atoms with E-state index >= 15 is 0 Å². The zero-order valence-electron chi connectivity index (χ0n) is 8.31. The quantitative estimate of drug-likeness (QED) is 0.840. The molecule has 0 radical (unpaired) electrons. The Kier molecular flexibility index (Phi) is 2.70. The molecule has 4 nitrogen and oxygen atoms in total. The highest BCUT2D eigenvalue weighted by Crippen LogP contribution is 2.25. The Morgan fingerprint density at radius 3 is 2.87 bits per heavy atom. The lowest BCUT2D eigenvalue weighted by molar-refractivity contribution is 0.720. The molecule has 15 heavy (non-hydrogen) atoms. The highest BCUT2D eigenvalue weighted by Gasteiger charge is 2.08. The van der Waals surface area contributed by atoms with Crippen LogP contribution in [0, 0.1) is 0 Å². The minimum atomic E-state index is 0.470. The highest BCUT2D eigenvalue weighted by molar-refractivity contribution is 6.30. The summed E-state index contributed by atoms with van der Waals surface area (Å²) < 4.78 is 1.70. The van der Waals surface area contributed by atoms with Gasteiger partial charge in [-0.3, -0.25) is 0 Å². The minimum absolute atomic E-state index is 0.470. The molecule has 0 aliphatic carbocycles. The second-order valence-corrected chi connectivity index (χ2v) is 3.68. The molecule has 0 fully saturated rings. The summed E-state index contributed by atoms with van der Waals surface area (Å²) in [7, 11) is 1.84. The van der Waals surface area contributed by atoms with E-state index in [0.29, 0.717) is 11.6 Å². The molecule has 2 rings (SSSR count). The molecule has 0 atom stereocenters. The van der Waals surface area contributed by atoms with Crippen LogP contribution in [0.1, 0.15) is 5.56 Å². The highest BCUT2D eigenvalue weighted by atomic mass is 35.5. The van der Waals surface area contributed by atoms with Crippen LogP contribution in [-0.2, 0) is 13.6 Å². The molecule has 2 N–H and O–H groups in total. The van der Waals surface area contributed by atoms with Crippen LogP contribution in [0.4, 0.5) is 0 Å². The summed E-state index contributed by atoms with van der Waals surface area (Å²) in [5, 5.41) is 8.40. The van der Waals surface area contributed by atoms with Gasteiger partial charge in [0.15, 0.2) is 0 Å². The summed E-state index contributed by atoms with van der Waals surface area (Å²) in [5.41, 5.74) is 8.59. The predicted molar refractivity (Wildman–Crippen MR) is 59.3 cm³/mol. The van der Waals surface area contributed by atoms with Crippen LogP contribution >= 0.6 is 11.6 Å². The van der Waals surface area contributed by atoms with E-state index in [-0.39, 0.29) is 0 Å². The molecule has 5 heteroatoms. The van der Waals surface area contributed by atoms with Crippen molar-refractivity contribution in [2.75, 3.05) is 0 Å². The summed E-state index contributed by atoms with van der Waals surface area (Å²) in [6, 6.07) is 5.63. The summed E-state index contributed by atoms with van der Waals surface area (Å²) in [6.07, 6.45) is 1.70. The van der Waals surface area contributed by atoms with Gasteiger partial charge < -0.3 is 5.73 Å². The molecule has 2 aromatic rings. The van der Waals surface area contributed by atoms with Gasteiger partial charge >= 0.3 is 0 Å². The Labute approximate surface area is 92.7 Å². The van der Waals surface area contributed by atoms with Crippen LogP contribution in [-0.4, -0.2) is 15.0 Å². The SMILES string of the molecule is Cn1nncc1-c1cc(Cl)ccc1CN. The van der Waals surface area contributed by atoms with Gasteiger partial charge in [-0.25, -0.2) is 4.68 Å². The van der Waals surface area contributed by atoms with Gasteiger partial charge in [-0.1, -0.05) is 22.9 Å². The van der Waals surface area contributed by atoms with Gasteiger partial charge in [0, 0.05) is 24.2 Å². The summed E-state index contributed by atoms with van der Waals surface area (Å²) in [4.78, 5) is 0. The molecular weight excluding hydrogens is 212 g/mol. The predicted octanol–water partition coefficient (Wildman–Crippen LogP) is 1.59. The number of rotatable bonds is 2. The molecule has 1 aromatic heterocycles. The normalized spacial score (nSPS) is 10.6. The van der Waals surface area contributed by atoms with Crippen LogP contribution in [0.15, 0.2) is 24.4 Å². The van der Waals surface area contributed by atoms with E-state index in [0.717, 1.165) is 16.8 Å². The Bertz CT molecular complexity index is 478. The number of benzene rings is 1. The van der Waals surface area contributed by atoms with Gasteiger partial charge in [-0.15, -0.1) is 5.10 Å². The van der Waals surface area contributed by atoms with Crippen LogP contribution in [0.3, 0.4) is 0 Å². The standard InChI is InChI=1S/C10H11ClN4/c1-15-10(6-13-14-15)9-4-8(11)3-2-7(9)5-12/h2-4,6H,5,12H2,1H3. The molecule has 0 bridgehead atoms. The fraction of sp³-hybridized carbons (Fsp3) is 0.200. The fourth-order valence-electron chi connectivity index (χ4n) is 1.50. The van der Waals surface area contributed by atoms with E-state index in [9.17, 15) is 0 Å². The first-order chi connectivity index (χ1) is 7.22. The van der Waals surface area contributed by atoms with E-state index in [1.165, 1.54) is 0 Å². The first-order valence-corrected chi connectivity index (χ1v) is 4.93. The monoisotopic (exact) mass is 222 g/mol. The Hall–Kier alpha value is -1.39. The zero-order chi connectivity index (χ0) is 10.8. The second kappa shape index (κ2) is 4.00. The van der Waals surface area contributed by atoms with Crippen LogP contribution < -0.4 is 5.73 Å². The molecule has 0 spiro atoms. The number of hydrogen-bond donors (Lipinski definition) is 1. The molecule has 0 amide bonds. The van der Waals surface area contributed by atoms with Gasteiger partial charge in [0.25, 0.3) is 0 Å². The lowest BCUT2D eigenvalue weighted by Crippen LogP contribution is -2.01. The van der Waals surface area contributed by atoms with Crippen molar-refractivity contribution in [2.45, 2.75) is 6.54 Å². The maximum absolute atomic E-state index is 5.95. The number of aromatic nitrogens is 3. The van der Waals surface area contributed by atoms with Crippen molar-refractivity contribution >= 4 is 11.6 Å². The van der Waals surface area contributed by atoms with E-state index < -0.39 is 0 Å². The number of nitrogens with two attached hydrogens (primary N) is 1. The summed E-state index contributed by atoms with van der Waals surface area (Å²) >= 11 is 5.95. The smallest absolute Gasteiger partial charge is 0.0885 e. The van der Waals surface area contributed by atoms with Crippen molar-refractivity contribution < 1.29 is 0 Å². The Morgan fingerprint density at radius 1 is 1.47 bits per heavy atom. The van der Waals surface area contributed by atoms with Crippen molar-refractivity contribution in [3.05, 3.63) is 35.0 Å². The van der Waals surface area contributed by atoms with Gasteiger partial charge in [-0.05, 0) is 17.7 Å². The van der Waals surface area contributed by atoms with Crippen molar-refractivity contribution in [1.29, 1.82) is 0 Å². The average molecular weight is 223 g/mol. The second-order valence-electron chi connectivity index (χ2n) is 3.25. The summed E-state index contributed by atoms with van der Waals surface area (Å²) in [6.45, 7) is 0.470. The lowest BCUT2D eigenvalue weighted by atomic mass is 10.1. The third-order valence-electron chi connectivity index (χ3n) is 2.28. The van der Waals surface area contributed by atoms with Gasteiger partial charge in [0.1, 0.15) is 0 Å². The molecule has 0 unspecified atom stereocenters. The number of halogens is 1. The van der Waals surface area contributed by atoms with Gasteiger partial charge in [0.05, 0.1) is 11.9 Å². The Morgan fingerprint density at radius 2 is 2.27 bits per heavy atom. The third-order valence-corrected chi connectivity index (χ3v) is 2.52. The molecule has 0 saturated carbocycles. The summed E-state index contributed by atoms with van der Waals surface area (Å²) in [5.74, 6) is 0. The third kappa shape index (κ3) is 1.86. The molecule has 1 aromatic carbocycles. The minimum Gasteiger partial charge on any atom is -0.326 e. The number of hydrogen-bond acceptors (Lipinski definition) is 3. The maximum Gasteiger partial charge on any atom is 0.0885 e. The number of aryl methyl sites for hydroxylation is 1. The van der Waals surface area contributed by atoms with Crippen molar-refractivity contribution in [1.82, 2.24) is 15.0 Å². The molecular formula is C10H11ClN4. The molecule has 1 heterocycles. The van der Waals surface area contributed by atoms with Crippen molar-refractivity contribution in [2.24, 2.45) is 12.8 Å². The first kappa shape index (κ1) is 10.1. The Balaban J connectivity index is 2.60. The van der Waals surface area contributed by atoms with Crippen LogP contribution in [0.2, 0.25) is 5.02 Å². The van der Waals surface area contributed by atoms with E-state index in [1.54, 1.807) is 10.9 Å². The van der Waals surface area contributed by atoms with E-state index in [2.05, 4.69) is 10.3 Å². The fourth-order valence-corrected chi connectivity index (χ4v) is 1.67. The zero-order valence-corrected chi connectivity index (χ0v) is 9.07. The van der Waals surface area contributed by atoms with Crippen LogP contribution in [0.25, 0.3) is 11.3 Å². The van der Waals surface area contributed by atoms with Gasteiger partial charge in [0.2, 0.25) is 0 Å². The average Bonchev–Trinajstić information content (AvgIpc) is 2.64. The molecule has 0 aliphatic rings. The lowest BCUT2D eigenvalue weighted by Gasteiger charge is -2.07. The molecule has 0 saturated heterocycles.